The normalized spacial score (nSPS) is 14.3. The molecule has 1 aliphatic heterocycles. The molecule has 1 aliphatic rings. The summed E-state index contributed by atoms with van der Waals surface area (Å²) in [6.45, 7) is 2.59. The quantitative estimate of drug-likeness (QED) is 0.721. The summed E-state index contributed by atoms with van der Waals surface area (Å²) in [7, 11) is 1.74. The van der Waals surface area contributed by atoms with Crippen LogP contribution >= 0.6 is 0 Å². The number of hydrogen-bond donors (Lipinski definition) is 1. The van der Waals surface area contributed by atoms with Crippen molar-refractivity contribution >= 4 is 23.2 Å². The van der Waals surface area contributed by atoms with E-state index >= 15 is 0 Å². The third kappa shape index (κ3) is 3.84. The van der Waals surface area contributed by atoms with Gasteiger partial charge in [-0.05, 0) is 24.3 Å². The van der Waals surface area contributed by atoms with E-state index in [1.165, 1.54) is 4.68 Å². The van der Waals surface area contributed by atoms with Gasteiger partial charge in [-0.1, -0.05) is 5.21 Å². The fourth-order valence-electron chi connectivity index (χ4n) is 2.89. The average Bonchev–Trinajstić information content (AvgIpc) is 3.15. The number of nitrogens with zero attached hydrogens (tertiary/aromatic N) is 8. The van der Waals surface area contributed by atoms with E-state index < -0.39 is 0 Å². The molecule has 0 unspecified atom stereocenters. The van der Waals surface area contributed by atoms with Gasteiger partial charge in [-0.25, -0.2) is 0 Å². The maximum Gasteiger partial charge on any atom is 0.276 e. The number of anilines is 3. The van der Waals surface area contributed by atoms with Crippen LogP contribution in [0.2, 0.25) is 0 Å². The van der Waals surface area contributed by atoms with E-state index in [0.717, 1.165) is 11.5 Å². The fraction of sp³-hybridized carbons (Fsp3) is 0.294. The van der Waals surface area contributed by atoms with Gasteiger partial charge in [0.15, 0.2) is 17.3 Å². The molecular weight excluding hydrogens is 346 g/mol. The largest absolute Gasteiger partial charge is 0.352 e. The van der Waals surface area contributed by atoms with Gasteiger partial charge >= 0.3 is 0 Å². The van der Waals surface area contributed by atoms with Gasteiger partial charge in [0.05, 0.1) is 18.1 Å². The first-order valence-electron chi connectivity index (χ1n) is 8.60. The molecule has 138 valence electrons. The molecule has 4 rings (SSSR count). The van der Waals surface area contributed by atoms with Crippen molar-refractivity contribution in [2.24, 2.45) is 7.05 Å². The number of carbonyl (C=O) groups is 1. The van der Waals surface area contributed by atoms with Crippen LogP contribution in [0.3, 0.4) is 0 Å². The van der Waals surface area contributed by atoms with E-state index in [4.69, 9.17) is 0 Å². The predicted molar refractivity (Wildman–Crippen MR) is 98.7 cm³/mol. The molecule has 0 saturated carbocycles. The maximum atomic E-state index is 12.4. The van der Waals surface area contributed by atoms with Crippen molar-refractivity contribution < 1.29 is 4.79 Å². The minimum absolute atomic E-state index is 0.0927. The number of piperazine rings is 1. The van der Waals surface area contributed by atoms with Crippen LogP contribution in [0.4, 0.5) is 17.3 Å². The van der Waals surface area contributed by atoms with E-state index in [0.29, 0.717) is 37.7 Å². The van der Waals surface area contributed by atoms with Gasteiger partial charge in [-0.2, -0.15) is 0 Å². The summed E-state index contributed by atoms with van der Waals surface area (Å²) < 4.78 is 1.53. The predicted octanol–water partition coefficient (Wildman–Crippen LogP) is 0.706. The maximum absolute atomic E-state index is 12.4. The summed E-state index contributed by atoms with van der Waals surface area (Å²) in [4.78, 5) is 20.4. The molecule has 0 aliphatic carbocycles. The van der Waals surface area contributed by atoms with E-state index in [1.807, 2.05) is 24.3 Å². The summed E-state index contributed by atoms with van der Waals surface area (Å²) >= 11 is 0. The average molecular weight is 365 g/mol. The van der Waals surface area contributed by atoms with E-state index in [9.17, 15) is 4.79 Å². The summed E-state index contributed by atoms with van der Waals surface area (Å²) in [5, 5.41) is 19.4. The molecule has 1 saturated heterocycles. The zero-order chi connectivity index (χ0) is 18.6. The summed E-state index contributed by atoms with van der Waals surface area (Å²) in [5.74, 6) is 1.35. The van der Waals surface area contributed by atoms with Gasteiger partial charge in [0.25, 0.3) is 5.91 Å². The van der Waals surface area contributed by atoms with E-state index in [-0.39, 0.29) is 5.91 Å². The van der Waals surface area contributed by atoms with Gasteiger partial charge < -0.3 is 15.1 Å². The van der Waals surface area contributed by atoms with Crippen LogP contribution < -0.4 is 10.2 Å². The highest BCUT2D eigenvalue weighted by Crippen LogP contribution is 2.17. The number of carbonyl (C=O) groups excluding carboxylic acids is 1. The molecule has 1 N–H and O–H groups in total. The van der Waals surface area contributed by atoms with Crippen LogP contribution in [0, 0.1) is 0 Å². The number of pyridine rings is 1. The smallest absolute Gasteiger partial charge is 0.276 e. The molecule has 1 fully saturated rings. The lowest BCUT2D eigenvalue weighted by atomic mass is 10.3. The van der Waals surface area contributed by atoms with Crippen LogP contribution in [0.5, 0.6) is 0 Å². The first-order valence-corrected chi connectivity index (χ1v) is 8.60. The summed E-state index contributed by atoms with van der Waals surface area (Å²) in [6.07, 6.45) is 5.08. The Balaban J connectivity index is 1.35. The number of hydrogen-bond acceptors (Lipinski definition) is 8. The molecule has 10 nitrogen and oxygen atoms in total. The SMILES string of the molecule is Cn1cc(C(=O)N2CCN(c3ccc(Nc4cccnc4)nn3)CC2)nn1. The summed E-state index contributed by atoms with van der Waals surface area (Å²) in [6, 6.07) is 7.57. The van der Waals surface area contributed by atoms with Crippen LogP contribution in [0.25, 0.3) is 0 Å². The topological polar surface area (TPSA) is 105 Å². The Morgan fingerprint density at radius 1 is 1.07 bits per heavy atom. The molecule has 0 radical (unpaired) electrons. The lowest BCUT2D eigenvalue weighted by molar-refractivity contribution is 0.0740. The van der Waals surface area contributed by atoms with Crippen molar-refractivity contribution in [1.82, 2.24) is 35.1 Å². The molecule has 3 aromatic heterocycles. The van der Waals surface area contributed by atoms with E-state index in [2.05, 4.69) is 35.7 Å². The Morgan fingerprint density at radius 2 is 1.93 bits per heavy atom. The van der Waals surface area contributed by atoms with Crippen molar-refractivity contribution in [3.8, 4) is 0 Å². The number of aromatic nitrogens is 6. The first-order chi connectivity index (χ1) is 13.2. The van der Waals surface area contributed by atoms with E-state index in [1.54, 1.807) is 30.5 Å². The second-order valence-electron chi connectivity index (χ2n) is 6.20. The highest BCUT2D eigenvalue weighted by molar-refractivity contribution is 5.92. The zero-order valence-electron chi connectivity index (χ0n) is 14.9. The van der Waals surface area contributed by atoms with Gasteiger partial charge in [-0.15, -0.1) is 15.3 Å². The minimum atomic E-state index is -0.0927. The second kappa shape index (κ2) is 7.36. The molecular formula is C17H19N9O. The molecule has 4 heterocycles. The molecule has 27 heavy (non-hydrogen) atoms. The minimum Gasteiger partial charge on any atom is -0.352 e. The Hall–Kier alpha value is -3.56. The third-order valence-corrected chi connectivity index (χ3v) is 4.30. The van der Waals surface area contributed by atoms with Crippen molar-refractivity contribution in [2.45, 2.75) is 0 Å². The molecule has 10 heteroatoms. The zero-order valence-corrected chi connectivity index (χ0v) is 14.9. The van der Waals surface area contributed by atoms with Crippen LogP contribution in [0.15, 0.2) is 42.9 Å². The molecule has 0 spiro atoms. The van der Waals surface area contributed by atoms with Gasteiger partial charge in [0, 0.05) is 39.4 Å². The number of amides is 1. The molecule has 0 atom stereocenters. The van der Waals surface area contributed by atoms with Crippen molar-refractivity contribution in [2.75, 3.05) is 36.4 Å². The Kier molecular flexibility index (Phi) is 4.60. The van der Waals surface area contributed by atoms with Crippen molar-refractivity contribution in [3.05, 3.63) is 48.5 Å². The van der Waals surface area contributed by atoms with Crippen LogP contribution in [-0.2, 0) is 7.05 Å². The highest BCUT2D eigenvalue weighted by Gasteiger charge is 2.24. The third-order valence-electron chi connectivity index (χ3n) is 4.30. The van der Waals surface area contributed by atoms with Crippen LogP contribution in [0.1, 0.15) is 10.5 Å². The molecule has 3 aromatic rings. The van der Waals surface area contributed by atoms with Crippen LogP contribution in [-0.4, -0.2) is 67.2 Å². The highest BCUT2D eigenvalue weighted by atomic mass is 16.2. The summed E-state index contributed by atoms with van der Waals surface area (Å²) in [5.41, 5.74) is 1.23. The van der Waals surface area contributed by atoms with Gasteiger partial charge in [-0.3, -0.25) is 14.5 Å². The Morgan fingerprint density at radius 3 is 2.56 bits per heavy atom. The molecule has 0 aromatic carbocycles. The lowest BCUT2D eigenvalue weighted by Crippen LogP contribution is -2.49. The van der Waals surface area contributed by atoms with Gasteiger partial charge in [0.1, 0.15) is 0 Å². The lowest BCUT2D eigenvalue weighted by Gasteiger charge is -2.34. The van der Waals surface area contributed by atoms with Crippen molar-refractivity contribution in [3.63, 3.8) is 0 Å². The standard InChI is InChI=1S/C17H19N9O/c1-24-12-14(20-23-24)17(27)26-9-7-25(8-10-26)16-5-4-15(21-22-16)19-13-3-2-6-18-11-13/h2-6,11-12H,7-10H2,1H3,(H,19,21). The first kappa shape index (κ1) is 16.9. The molecule has 1 amide bonds. The van der Waals surface area contributed by atoms with Crippen molar-refractivity contribution in [1.29, 1.82) is 0 Å². The number of aryl methyl sites for hydroxylation is 1. The fourth-order valence-corrected chi connectivity index (χ4v) is 2.89. The van der Waals surface area contributed by atoms with Gasteiger partial charge in [0.2, 0.25) is 0 Å². The number of rotatable bonds is 4. The number of nitrogens with one attached hydrogen (secondary N) is 1. The molecule has 0 bridgehead atoms. The Bertz CT molecular complexity index is 902. The monoisotopic (exact) mass is 365 g/mol. The Labute approximate surface area is 155 Å². The second-order valence-corrected chi connectivity index (χ2v) is 6.20.